The molecule has 1 spiro atoms. The topological polar surface area (TPSA) is 185 Å². The van der Waals surface area contributed by atoms with Gasteiger partial charge in [0.25, 0.3) is 5.91 Å². The number of hydrogen-bond donors (Lipinski definition) is 6. The van der Waals surface area contributed by atoms with E-state index >= 15 is 0 Å². The fourth-order valence-corrected chi connectivity index (χ4v) is 6.20. The third kappa shape index (κ3) is 6.13. The number of alkyl carbamates (subject to hydrolysis) is 1. The van der Waals surface area contributed by atoms with Crippen LogP contribution in [0.4, 0.5) is 18.0 Å². The Kier molecular flexibility index (Phi) is 8.55. The summed E-state index contributed by atoms with van der Waals surface area (Å²) in [6, 6.07) is -1.31. The zero-order chi connectivity index (χ0) is 34.0. The van der Waals surface area contributed by atoms with Crippen LogP contribution in [0, 0.1) is 6.92 Å². The van der Waals surface area contributed by atoms with Crippen molar-refractivity contribution < 1.29 is 47.3 Å². The third-order valence-electron chi connectivity index (χ3n) is 7.97. The van der Waals surface area contributed by atoms with E-state index in [4.69, 9.17) is 39.5 Å². The van der Waals surface area contributed by atoms with Crippen LogP contribution in [-0.2, 0) is 20.5 Å². The van der Waals surface area contributed by atoms with Crippen LogP contribution in [-0.4, -0.2) is 103 Å². The maximum atomic E-state index is 13.5. The van der Waals surface area contributed by atoms with Gasteiger partial charge >= 0.3 is 12.3 Å². The van der Waals surface area contributed by atoms with Crippen molar-refractivity contribution >= 4 is 64.6 Å². The normalized spacial score (nSPS) is 27.0. The van der Waals surface area contributed by atoms with E-state index in [-0.39, 0.29) is 36.7 Å². The number of alkyl halides is 6. The van der Waals surface area contributed by atoms with Crippen LogP contribution in [0.3, 0.4) is 0 Å². The Bertz CT molecular complexity index is 1520. The number of nitrogens with zero attached hydrogens (tertiary/aromatic N) is 3. The highest BCUT2D eigenvalue weighted by Gasteiger charge is 2.74. The van der Waals surface area contributed by atoms with E-state index in [1.54, 1.807) is 0 Å². The van der Waals surface area contributed by atoms with Crippen LogP contribution in [0.5, 0.6) is 0 Å². The van der Waals surface area contributed by atoms with E-state index in [1.165, 1.54) is 17.9 Å². The summed E-state index contributed by atoms with van der Waals surface area (Å²) >= 11 is 17.0. The molecule has 4 atom stereocenters. The number of hydrogen-bond acceptors (Lipinski definition) is 11. The standard InChI is InChI=1S/C26H27Cl3F3N7O7/c1-11-5-13(7-14(6-11)26(30,31)32)20(42)35-16-9-39-21(36-22(43)46-10-23(27,28)29)34-15(8-38-17(40)3-4-18(38)41)19-24(39,25(16,44)45)37-12(2)33-19/h5-7,15-16,19,33,37,44-45H,2-4,8-10H2,1H3,(H,35,42)(H,34,36,43)/t15-,16?,19-,24-/m0/s1. The van der Waals surface area contributed by atoms with Crippen molar-refractivity contribution in [2.45, 2.75) is 59.3 Å². The van der Waals surface area contributed by atoms with Gasteiger partial charge in [-0.15, -0.1) is 0 Å². The number of likely N-dealkylation sites (tertiary alicyclic amines) is 1. The number of rotatable bonds is 5. The first-order valence-corrected chi connectivity index (χ1v) is 14.7. The molecule has 46 heavy (non-hydrogen) atoms. The fourth-order valence-electron chi connectivity index (χ4n) is 6.04. The van der Waals surface area contributed by atoms with Crippen LogP contribution in [0.1, 0.15) is 34.3 Å². The molecule has 0 aliphatic carbocycles. The lowest BCUT2D eigenvalue weighted by Crippen LogP contribution is -2.78. The number of carbonyl (C=O) groups excluding carboxylic acids is 4. The zero-order valence-electron chi connectivity index (χ0n) is 23.8. The highest BCUT2D eigenvalue weighted by Crippen LogP contribution is 2.45. The Labute approximate surface area is 273 Å². The SMILES string of the molecule is C=C1N[C@H]2[C@H](CN3C(=O)CCC3=O)N=C(NC(=O)OCC(Cl)(Cl)Cl)N3CC(NC(=O)c4cc(C)cc(C(F)(F)F)c4)C(O)(O)[C@]23N1. The average molecular weight is 713 g/mol. The smallest absolute Gasteiger partial charge is 0.416 e. The number of ether oxygens (including phenoxy) is 1. The maximum Gasteiger partial charge on any atom is 0.416 e. The summed E-state index contributed by atoms with van der Waals surface area (Å²) in [7, 11) is 0. The Hall–Kier alpha value is -3.51. The lowest BCUT2D eigenvalue weighted by molar-refractivity contribution is -0.231. The largest absolute Gasteiger partial charge is 0.445 e. The van der Waals surface area contributed by atoms with E-state index in [1.807, 2.05) is 0 Å². The average Bonchev–Trinajstić information content (AvgIpc) is 3.53. The molecule has 1 aromatic rings. The predicted octanol–water partition coefficient (Wildman–Crippen LogP) is 0.821. The van der Waals surface area contributed by atoms with Crippen molar-refractivity contribution in [2.24, 2.45) is 4.99 Å². The monoisotopic (exact) mass is 711 g/mol. The second kappa shape index (κ2) is 11.6. The second-order valence-electron chi connectivity index (χ2n) is 11.2. The molecule has 4 heterocycles. The van der Waals surface area contributed by atoms with Crippen LogP contribution in [0.25, 0.3) is 0 Å². The Morgan fingerprint density at radius 2 is 1.83 bits per heavy atom. The number of aliphatic hydroxyl groups is 2. The molecule has 1 aromatic carbocycles. The second-order valence-corrected chi connectivity index (χ2v) is 13.7. The molecule has 1 unspecified atom stereocenters. The lowest BCUT2D eigenvalue weighted by Gasteiger charge is -2.49. The summed E-state index contributed by atoms with van der Waals surface area (Å²) in [6.45, 7) is 3.61. The van der Waals surface area contributed by atoms with E-state index in [9.17, 15) is 42.6 Å². The zero-order valence-corrected chi connectivity index (χ0v) is 26.0. The summed E-state index contributed by atoms with van der Waals surface area (Å²) in [5.74, 6) is -5.35. The van der Waals surface area contributed by atoms with Gasteiger partial charge in [0.05, 0.1) is 30.0 Å². The number of amides is 4. The molecule has 5 rings (SSSR count). The van der Waals surface area contributed by atoms with Gasteiger partial charge in [0.1, 0.15) is 12.6 Å². The van der Waals surface area contributed by atoms with Crippen LogP contribution in [0.2, 0.25) is 0 Å². The minimum absolute atomic E-state index is 0.0438. The van der Waals surface area contributed by atoms with E-state index in [0.717, 1.165) is 11.0 Å². The molecule has 4 amide bonds. The van der Waals surface area contributed by atoms with Crippen LogP contribution in [0.15, 0.2) is 35.6 Å². The molecule has 0 bridgehead atoms. The molecule has 0 radical (unpaired) electrons. The maximum absolute atomic E-state index is 13.5. The molecule has 0 aromatic heterocycles. The van der Waals surface area contributed by atoms with Gasteiger partial charge in [0.15, 0.2) is 5.66 Å². The molecule has 3 saturated heterocycles. The van der Waals surface area contributed by atoms with E-state index in [2.05, 4.69) is 32.8 Å². The summed E-state index contributed by atoms with van der Waals surface area (Å²) in [5, 5.41) is 34.0. The Balaban J connectivity index is 1.51. The number of imide groups is 1. The third-order valence-corrected chi connectivity index (χ3v) is 8.29. The Morgan fingerprint density at radius 3 is 2.43 bits per heavy atom. The molecule has 6 N–H and O–H groups in total. The highest BCUT2D eigenvalue weighted by atomic mass is 35.6. The first-order chi connectivity index (χ1) is 21.2. The van der Waals surface area contributed by atoms with Crippen molar-refractivity contribution in [3.63, 3.8) is 0 Å². The van der Waals surface area contributed by atoms with Gasteiger partial charge in [-0.3, -0.25) is 24.6 Å². The van der Waals surface area contributed by atoms with Gasteiger partial charge in [0, 0.05) is 24.9 Å². The number of carbonyl (C=O) groups is 4. The fraction of sp³-hybridized carbons (Fsp3) is 0.500. The minimum atomic E-state index is -4.76. The summed E-state index contributed by atoms with van der Waals surface area (Å²) in [4.78, 5) is 57.5. The predicted molar refractivity (Wildman–Crippen MR) is 155 cm³/mol. The molecule has 250 valence electrons. The molecular weight excluding hydrogens is 686 g/mol. The van der Waals surface area contributed by atoms with Crippen LogP contribution < -0.4 is 21.3 Å². The van der Waals surface area contributed by atoms with Gasteiger partial charge in [-0.2, -0.15) is 13.2 Å². The molecular formula is C26H27Cl3F3N7O7. The number of nitrogens with one attached hydrogen (secondary N) is 4. The van der Waals surface area contributed by atoms with Gasteiger partial charge in [0.2, 0.25) is 27.4 Å². The van der Waals surface area contributed by atoms with Crippen molar-refractivity contribution in [1.29, 1.82) is 0 Å². The highest BCUT2D eigenvalue weighted by molar-refractivity contribution is 6.67. The Morgan fingerprint density at radius 1 is 1.17 bits per heavy atom. The van der Waals surface area contributed by atoms with E-state index < -0.39 is 87.6 Å². The number of aryl methyl sites for hydroxylation is 1. The number of aliphatic imine (C=N–C) groups is 1. The minimum Gasteiger partial charge on any atom is -0.445 e. The van der Waals surface area contributed by atoms with Crippen molar-refractivity contribution in [2.75, 3.05) is 19.7 Å². The van der Waals surface area contributed by atoms with Gasteiger partial charge in [-0.1, -0.05) is 41.4 Å². The first kappa shape index (κ1) is 33.8. The van der Waals surface area contributed by atoms with Gasteiger partial charge < -0.3 is 35.8 Å². The van der Waals surface area contributed by atoms with Gasteiger partial charge in [-0.25, -0.2) is 9.79 Å². The molecule has 3 fully saturated rings. The molecule has 4 aliphatic heterocycles. The number of halogens is 6. The van der Waals surface area contributed by atoms with Gasteiger partial charge in [-0.05, 0) is 30.7 Å². The number of benzene rings is 1. The quantitative estimate of drug-likeness (QED) is 0.145. The van der Waals surface area contributed by atoms with E-state index in [0.29, 0.717) is 6.07 Å². The summed E-state index contributed by atoms with van der Waals surface area (Å²) in [6.07, 6.45) is -6.04. The first-order valence-electron chi connectivity index (χ1n) is 13.6. The summed E-state index contributed by atoms with van der Waals surface area (Å²) in [5.41, 5.74) is -3.46. The molecule has 4 aliphatic rings. The molecule has 14 nitrogen and oxygen atoms in total. The van der Waals surface area contributed by atoms with Crippen molar-refractivity contribution in [3.05, 3.63) is 47.3 Å². The van der Waals surface area contributed by atoms with Crippen molar-refractivity contribution in [3.8, 4) is 0 Å². The molecule has 0 saturated carbocycles. The van der Waals surface area contributed by atoms with Crippen molar-refractivity contribution in [1.82, 2.24) is 31.1 Å². The number of guanidine groups is 1. The summed E-state index contributed by atoms with van der Waals surface area (Å²) < 4.78 is 43.3. The molecule has 20 heteroatoms. The lowest BCUT2D eigenvalue weighted by atomic mass is 9.85. The van der Waals surface area contributed by atoms with Crippen LogP contribution >= 0.6 is 34.8 Å².